The molecule has 24 heavy (non-hydrogen) atoms. The fraction of sp³-hybridized carbons (Fsp3) is 0.556. The van der Waals surface area contributed by atoms with Crippen LogP contribution in [0.2, 0.25) is 10.0 Å². The maximum Gasteiger partial charge on any atom is 0.315 e. The van der Waals surface area contributed by atoms with E-state index >= 15 is 0 Å². The molecule has 0 bridgehead atoms. The number of benzene rings is 1. The van der Waals surface area contributed by atoms with Crippen LogP contribution in [-0.2, 0) is 14.3 Å². The number of carbonyl (C=O) groups is 2. The number of halogens is 2. The van der Waals surface area contributed by atoms with Gasteiger partial charge < -0.3 is 9.47 Å². The van der Waals surface area contributed by atoms with Crippen LogP contribution < -0.4 is 4.74 Å². The summed E-state index contributed by atoms with van der Waals surface area (Å²) in [7, 11) is 0. The van der Waals surface area contributed by atoms with E-state index in [2.05, 4.69) is 0 Å². The number of carbonyl (C=O) groups excluding carboxylic acids is 2. The van der Waals surface area contributed by atoms with Crippen molar-refractivity contribution in [1.29, 1.82) is 0 Å². The molecule has 2 rings (SSSR count). The summed E-state index contributed by atoms with van der Waals surface area (Å²) in [6.07, 6.45) is 3.04. The van der Waals surface area contributed by atoms with Crippen LogP contribution in [0.5, 0.6) is 5.75 Å². The van der Waals surface area contributed by atoms with Crippen LogP contribution in [0, 0.1) is 17.8 Å². The van der Waals surface area contributed by atoms with Gasteiger partial charge in [-0.2, -0.15) is 0 Å². The third-order valence-corrected chi connectivity index (χ3v) is 4.86. The van der Waals surface area contributed by atoms with Crippen LogP contribution in [0.4, 0.5) is 0 Å². The minimum Gasteiger partial charge on any atom is -0.465 e. The molecule has 0 heterocycles. The van der Waals surface area contributed by atoms with Crippen molar-refractivity contribution in [2.24, 2.45) is 17.8 Å². The molecule has 132 valence electrons. The zero-order valence-corrected chi connectivity index (χ0v) is 15.4. The summed E-state index contributed by atoms with van der Waals surface area (Å²) in [5, 5.41) is 0.515. The van der Waals surface area contributed by atoms with Gasteiger partial charge in [-0.15, -0.1) is 0 Å². The molecule has 1 aromatic rings. The standard InChI is InChI=1S/C18H22Cl2O4/c1-11(2)10-23-17(21)12-6-3-4-7-13(12)18(22)24-15-9-5-8-14(19)16(15)20/h5,8-9,11-13H,3-4,6-7,10H2,1-2H3. The first-order valence-corrected chi connectivity index (χ1v) is 8.98. The monoisotopic (exact) mass is 372 g/mol. The van der Waals surface area contributed by atoms with Crippen molar-refractivity contribution in [3.8, 4) is 5.75 Å². The quantitative estimate of drug-likeness (QED) is 0.544. The largest absolute Gasteiger partial charge is 0.465 e. The van der Waals surface area contributed by atoms with E-state index in [-0.39, 0.29) is 22.7 Å². The molecule has 1 fully saturated rings. The fourth-order valence-electron chi connectivity index (χ4n) is 2.80. The lowest BCUT2D eigenvalue weighted by Gasteiger charge is -2.28. The van der Waals surface area contributed by atoms with Crippen molar-refractivity contribution in [3.05, 3.63) is 28.2 Å². The predicted molar refractivity (Wildman–Crippen MR) is 93.3 cm³/mol. The van der Waals surface area contributed by atoms with Gasteiger partial charge in [-0.05, 0) is 30.9 Å². The second-order valence-corrected chi connectivity index (χ2v) is 7.28. The SMILES string of the molecule is CC(C)COC(=O)C1CCCCC1C(=O)Oc1cccc(Cl)c1Cl. The summed E-state index contributed by atoms with van der Waals surface area (Å²) in [6.45, 7) is 4.30. The zero-order chi connectivity index (χ0) is 17.7. The highest BCUT2D eigenvalue weighted by Gasteiger charge is 2.38. The highest BCUT2D eigenvalue weighted by atomic mass is 35.5. The van der Waals surface area contributed by atoms with Gasteiger partial charge in [-0.1, -0.05) is 56.0 Å². The van der Waals surface area contributed by atoms with Crippen molar-refractivity contribution < 1.29 is 19.1 Å². The Labute approximate surface area is 152 Å². The average Bonchev–Trinajstić information content (AvgIpc) is 2.56. The Kier molecular flexibility index (Phi) is 6.93. The van der Waals surface area contributed by atoms with Gasteiger partial charge >= 0.3 is 11.9 Å². The Hall–Kier alpha value is -1.26. The van der Waals surface area contributed by atoms with E-state index in [4.69, 9.17) is 32.7 Å². The van der Waals surface area contributed by atoms with Crippen LogP contribution in [-0.4, -0.2) is 18.5 Å². The van der Waals surface area contributed by atoms with Gasteiger partial charge in [0.15, 0.2) is 5.75 Å². The van der Waals surface area contributed by atoms with Gasteiger partial charge in [0.25, 0.3) is 0 Å². The number of rotatable bonds is 5. The number of esters is 2. The van der Waals surface area contributed by atoms with E-state index in [1.54, 1.807) is 18.2 Å². The topological polar surface area (TPSA) is 52.6 Å². The van der Waals surface area contributed by atoms with Crippen LogP contribution in [0.25, 0.3) is 0 Å². The van der Waals surface area contributed by atoms with Gasteiger partial charge in [-0.25, -0.2) is 0 Å². The molecule has 2 unspecified atom stereocenters. The Morgan fingerprint density at radius 1 is 1.12 bits per heavy atom. The molecule has 1 aliphatic carbocycles. The van der Waals surface area contributed by atoms with Crippen LogP contribution in [0.15, 0.2) is 18.2 Å². The second-order valence-electron chi connectivity index (χ2n) is 6.49. The molecule has 0 aliphatic heterocycles. The van der Waals surface area contributed by atoms with Crippen LogP contribution in [0.1, 0.15) is 39.5 Å². The minimum atomic E-state index is -0.506. The molecule has 2 atom stereocenters. The van der Waals surface area contributed by atoms with Crippen molar-refractivity contribution >= 4 is 35.1 Å². The van der Waals surface area contributed by atoms with E-state index in [9.17, 15) is 9.59 Å². The van der Waals surface area contributed by atoms with Gasteiger partial charge in [0.05, 0.1) is 23.5 Å². The van der Waals surface area contributed by atoms with Crippen molar-refractivity contribution in [2.75, 3.05) is 6.61 Å². The van der Waals surface area contributed by atoms with Gasteiger partial charge in [0.1, 0.15) is 5.02 Å². The molecule has 0 radical (unpaired) electrons. The Morgan fingerprint density at radius 2 is 1.75 bits per heavy atom. The summed E-state index contributed by atoms with van der Waals surface area (Å²) in [5.41, 5.74) is 0. The molecule has 6 heteroatoms. The molecule has 0 N–H and O–H groups in total. The van der Waals surface area contributed by atoms with Gasteiger partial charge in [0, 0.05) is 0 Å². The lowest BCUT2D eigenvalue weighted by atomic mass is 9.79. The molecular weight excluding hydrogens is 351 g/mol. The normalized spacial score (nSPS) is 20.7. The molecule has 0 saturated heterocycles. The lowest BCUT2D eigenvalue weighted by molar-refractivity contribution is -0.159. The second kappa shape index (κ2) is 8.72. The summed E-state index contributed by atoms with van der Waals surface area (Å²) in [6, 6.07) is 4.86. The number of hydrogen-bond donors (Lipinski definition) is 0. The third kappa shape index (κ3) is 4.87. The number of hydrogen-bond acceptors (Lipinski definition) is 4. The van der Waals surface area contributed by atoms with Crippen molar-refractivity contribution in [2.45, 2.75) is 39.5 Å². The van der Waals surface area contributed by atoms with E-state index < -0.39 is 17.8 Å². The van der Waals surface area contributed by atoms with E-state index in [1.807, 2.05) is 13.8 Å². The average molecular weight is 373 g/mol. The maximum atomic E-state index is 12.6. The summed E-state index contributed by atoms with van der Waals surface area (Å²) in [4.78, 5) is 24.9. The predicted octanol–water partition coefficient (Wildman–Crippen LogP) is 4.90. The van der Waals surface area contributed by atoms with Crippen LogP contribution >= 0.6 is 23.2 Å². The van der Waals surface area contributed by atoms with Crippen molar-refractivity contribution in [3.63, 3.8) is 0 Å². The molecule has 0 amide bonds. The zero-order valence-electron chi connectivity index (χ0n) is 13.9. The number of ether oxygens (including phenoxy) is 2. The molecule has 1 saturated carbocycles. The maximum absolute atomic E-state index is 12.6. The van der Waals surface area contributed by atoms with Gasteiger partial charge in [-0.3, -0.25) is 9.59 Å². The van der Waals surface area contributed by atoms with E-state index in [0.29, 0.717) is 24.5 Å². The summed E-state index contributed by atoms with van der Waals surface area (Å²) < 4.78 is 10.7. The van der Waals surface area contributed by atoms with Crippen LogP contribution in [0.3, 0.4) is 0 Å². The molecule has 1 aromatic carbocycles. The molecule has 0 aromatic heterocycles. The van der Waals surface area contributed by atoms with E-state index in [1.165, 1.54) is 0 Å². The highest BCUT2D eigenvalue weighted by Crippen LogP contribution is 2.35. The fourth-order valence-corrected chi connectivity index (χ4v) is 3.13. The smallest absolute Gasteiger partial charge is 0.315 e. The summed E-state index contributed by atoms with van der Waals surface area (Å²) >= 11 is 12.0. The third-order valence-electron chi connectivity index (χ3n) is 4.06. The highest BCUT2D eigenvalue weighted by molar-refractivity contribution is 6.43. The lowest BCUT2D eigenvalue weighted by Crippen LogP contribution is -2.36. The Morgan fingerprint density at radius 3 is 2.38 bits per heavy atom. The first-order valence-electron chi connectivity index (χ1n) is 8.22. The molecule has 0 spiro atoms. The first kappa shape index (κ1) is 19.1. The summed E-state index contributed by atoms with van der Waals surface area (Å²) in [5.74, 6) is -1.26. The first-order chi connectivity index (χ1) is 11.4. The Bertz CT molecular complexity index is 601. The molecule has 4 nitrogen and oxygen atoms in total. The van der Waals surface area contributed by atoms with Gasteiger partial charge in [0.2, 0.25) is 0 Å². The van der Waals surface area contributed by atoms with Crippen molar-refractivity contribution in [1.82, 2.24) is 0 Å². The molecule has 1 aliphatic rings. The minimum absolute atomic E-state index is 0.197. The van der Waals surface area contributed by atoms with E-state index in [0.717, 1.165) is 12.8 Å². The molecular formula is C18H22Cl2O4. The Balaban J connectivity index is 2.07.